The van der Waals surface area contributed by atoms with Gasteiger partial charge in [0, 0.05) is 11.6 Å². The normalized spacial score (nSPS) is 11.2. The van der Waals surface area contributed by atoms with Gasteiger partial charge in [0.05, 0.1) is 31.0 Å². The van der Waals surface area contributed by atoms with Gasteiger partial charge in [-0.1, -0.05) is 35.9 Å². The van der Waals surface area contributed by atoms with Crippen molar-refractivity contribution < 1.29 is 22.7 Å². The molecule has 0 bridgehead atoms. The SMILES string of the molecule is COc1cccc(N(CC(=O)N/N=C\c2ccccc2OC)S(=O)(=O)c2ccc(C)cc2)c1. The molecule has 3 aromatic carbocycles. The summed E-state index contributed by atoms with van der Waals surface area (Å²) in [6.45, 7) is 1.38. The Bertz CT molecular complexity index is 1240. The maximum absolute atomic E-state index is 13.4. The van der Waals surface area contributed by atoms with Gasteiger partial charge in [0.2, 0.25) is 0 Å². The number of nitrogens with zero attached hydrogens (tertiary/aromatic N) is 2. The number of carbonyl (C=O) groups excluding carboxylic acids is 1. The second kappa shape index (κ2) is 10.6. The molecule has 0 saturated heterocycles. The average molecular weight is 468 g/mol. The van der Waals surface area contributed by atoms with Crippen LogP contribution in [0.4, 0.5) is 5.69 Å². The zero-order valence-electron chi connectivity index (χ0n) is 18.6. The number of para-hydroxylation sites is 1. The number of nitrogens with one attached hydrogen (secondary N) is 1. The predicted molar refractivity (Wildman–Crippen MR) is 127 cm³/mol. The Hall–Kier alpha value is -3.85. The molecule has 0 aliphatic carbocycles. The van der Waals surface area contributed by atoms with Gasteiger partial charge in [-0.25, -0.2) is 13.8 Å². The summed E-state index contributed by atoms with van der Waals surface area (Å²) in [4.78, 5) is 12.7. The van der Waals surface area contributed by atoms with E-state index in [9.17, 15) is 13.2 Å². The fraction of sp³-hybridized carbons (Fsp3) is 0.167. The standard InChI is InChI=1S/C24H25N3O5S/c1-18-11-13-22(14-12-18)33(29,30)27(20-8-6-9-21(15-20)31-2)17-24(28)26-25-16-19-7-4-5-10-23(19)32-3/h4-16H,17H2,1-3H3,(H,26,28)/b25-16-. The van der Waals surface area contributed by atoms with Crippen LogP contribution in [0, 0.1) is 6.92 Å². The topological polar surface area (TPSA) is 97.3 Å². The minimum Gasteiger partial charge on any atom is -0.497 e. The molecule has 0 unspecified atom stereocenters. The highest BCUT2D eigenvalue weighted by Gasteiger charge is 2.27. The first-order valence-corrected chi connectivity index (χ1v) is 11.5. The smallest absolute Gasteiger partial charge is 0.264 e. The van der Waals surface area contributed by atoms with Crippen molar-refractivity contribution in [3.63, 3.8) is 0 Å². The molecule has 0 heterocycles. The first kappa shape index (κ1) is 23.8. The Morgan fingerprint density at radius 3 is 2.42 bits per heavy atom. The number of hydrogen-bond donors (Lipinski definition) is 1. The molecule has 33 heavy (non-hydrogen) atoms. The van der Waals surface area contributed by atoms with E-state index in [0.29, 0.717) is 22.7 Å². The summed E-state index contributed by atoms with van der Waals surface area (Å²) in [5.41, 5.74) is 4.26. The quantitative estimate of drug-likeness (QED) is 0.384. The summed E-state index contributed by atoms with van der Waals surface area (Å²) < 4.78 is 38.3. The molecule has 9 heteroatoms. The van der Waals surface area contributed by atoms with Crippen LogP contribution in [-0.4, -0.2) is 41.3 Å². The van der Waals surface area contributed by atoms with Gasteiger partial charge in [0.1, 0.15) is 18.0 Å². The Morgan fingerprint density at radius 2 is 1.73 bits per heavy atom. The molecule has 0 atom stereocenters. The summed E-state index contributed by atoms with van der Waals surface area (Å²) in [6.07, 6.45) is 1.43. The highest BCUT2D eigenvalue weighted by atomic mass is 32.2. The largest absolute Gasteiger partial charge is 0.497 e. The summed E-state index contributed by atoms with van der Waals surface area (Å²) in [6, 6.07) is 20.1. The van der Waals surface area contributed by atoms with Gasteiger partial charge in [-0.2, -0.15) is 5.10 Å². The van der Waals surface area contributed by atoms with Gasteiger partial charge in [-0.05, 0) is 43.3 Å². The van der Waals surface area contributed by atoms with Crippen LogP contribution in [0.5, 0.6) is 11.5 Å². The van der Waals surface area contributed by atoms with Crippen molar-refractivity contribution in [1.82, 2.24) is 5.43 Å². The van der Waals surface area contributed by atoms with Crippen molar-refractivity contribution in [2.75, 3.05) is 25.1 Å². The van der Waals surface area contributed by atoms with Gasteiger partial charge in [-0.15, -0.1) is 0 Å². The van der Waals surface area contributed by atoms with Gasteiger partial charge in [0.15, 0.2) is 0 Å². The zero-order valence-corrected chi connectivity index (χ0v) is 19.4. The summed E-state index contributed by atoms with van der Waals surface area (Å²) >= 11 is 0. The van der Waals surface area contributed by atoms with Gasteiger partial charge in [0.25, 0.3) is 15.9 Å². The fourth-order valence-corrected chi connectivity index (χ4v) is 4.44. The molecule has 0 aromatic heterocycles. The van der Waals surface area contributed by atoms with Crippen LogP contribution in [-0.2, 0) is 14.8 Å². The van der Waals surface area contributed by atoms with E-state index < -0.39 is 22.5 Å². The number of methoxy groups -OCH3 is 2. The number of rotatable bonds is 9. The molecule has 0 aliphatic heterocycles. The van der Waals surface area contributed by atoms with Crippen molar-refractivity contribution >= 4 is 27.8 Å². The van der Waals surface area contributed by atoms with Crippen molar-refractivity contribution in [2.45, 2.75) is 11.8 Å². The van der Waals surface area contributed by atoms with Crippen LogP contribution in [0.2, 0.25) is 0 Å². The zero-order chi connectivity index (χ0) is 23.8. The highest BCUT2D eigenvalue weighted by molar-refractivity contribution is 7.92. The van der Waals surface area contributed by atoms with Crippen molar-refractivity contribution in [1.29, 1.82) is 0 Å². The number of benzene rings is 3. The van der Waals surface area contributed by atoms with Crippen LogP contribution in [0.1, 0.15) is 11.1 Å². The molecule has 0 aliphatic rings. The van der Waals surface area contributed by atoms with Crippen LogP contribution >= 0.6 is 0 Å². The number of ether oxygens (including phenoxy) is 2. The van der Waals surface area contributed by atoms with Gasteiger partial charge >= 0.3 is 0 Å². The van der Waals surface area contributed by atoms with E-state index in [1.165, 1.54) is 32.6 Å². The molecule has 0 saturated carbocycles. The minimum atomic E-state index is -4.03. The highest BCUT2D eigenvalue weighted by Crippen LogP contribution is 2.27. The number of hydrogen-bond acceptors (Lipinski definition) is 6. The van der Waals surface area contributed by atoms with E-state index in [4.69, 9.17) is 9.47 Å². The van der Waals surface area contributed by atoms with E-state index in [1.807, 2.05) is 19.1 Å². The van der Waals surface area contributed by atoms with Crippen molar-refractivity contribution in [3.05, 3.63) is 83.9 Å². The number of hydrazone groups is 1. The summed E-state index contributed by atoms with van der Waals surface area (Å²) in [5, 5.41) is 3.95. The van der Waals surface area contributed by atoms with E-state index in [1.54, 1.807) is 48.5 Å². The number of anilines is 1. The molecular formula is C24H25N3O5S. The van der Waals surface area contributed by atoms with Crippen LogP contribution < -0.4 is 19.2 Å². The predicted octanol–water partition coefficient (Wildman–Crippen LogP) is 3.36. The molecule has 0 spiro atoms. The van der Waals surface area contributed by atoms with E-state index >= 15 is 0 Å². The van der Waals surface area contributed by atoms with Crippen molar-refractivity contribution in [2.24, 2.45) is 5.10 Å². The minimum absolute atomic E-state index is 0.0706. The lowest BCUT2D eigenvalue weighted by molar-refractivity contribution is -0.119. The maximum atomic E-state index is 13.4. The number of carbonyl (C=O) groups is 1. The first-order valence-electron chi connectivity index (χ1n) is 10.0. The third-order valence-electron chi connectivity index (χ3n) is 4.77. The molecule has 0 radical (unpaired) electrons. The number of sulfonamides is 1. The molecular weight excluding hydrogens is 442 g/mol. The lowest BCUT2D eigenvalue weighted by Crippen LogP contribution is -2.39. The lowest BCUT2D eigenvalue weighted by Gasteiger charge is -2.24. The van der Waals surface area contributed by atoms with E-state index in [-0.39, 0.29) is 4.90 Å². The molecule has 0 fully saturated rings. The fourth-order valence-electron chi connectivity index (χ4n) is 3.03. The Labute approximate surface area is 193 Å². The van der Waals surface area contributed by atoms with Crippen LogP contribution in [0.3, 0.4) is 0 Å². The number of amides is 1. The van der Waals surface area contributed by atoms with E-state index in [0.717, 1.165) is 9.87 Å². The number of aryl methyl sites for hydroxylation is 1. The third kappa shape index (κ3) is 5.89. The average Bonchev–Trinajstić information content (AvgIpc) is 2.83. The molecule has 1 N–H and O–H groups in total. The second-order valence-corrected chi connectivity index (χ2v) is 8.92. The Kier molecular flexibility index (Phi) is 7.68. The van der Waals surface area contributed by atoms with E-state index in [2.05, 4.69) is 10.5 Å². The van der Waals surface area contributed by atoms with Gasteiger partial charge in [-0.3, -0.25) is 9.10 Å². The second-order valence-electron chi connectivity index (χ2n) is 7.06. The lowest BCUT2D eigenvalue weighted by atomic mass is 10.2. The van der Waals surface area contributed by atoms with Gasteiger partial charge < -0.3 is 9.47 Å². The van der Waals surface area contributed by atoms with Crippen molar-refractivity contribution in [3.8, 4) is 11.5 Å². The first-order chi connectivity index (χ1) is 15.8. The van der Waals surface area contributed by atoms with Crippen LogP contribution in [0.15, 0.2) is 82.8 Å². The Morgan fingerprint density at radius 1 is 1.00 bits per heavy atom. The molecule has 1 amide bonds. The molecule has 8 nitrogen and oxygen atoms in total. The summed E-state index contributed by atoms with van der Waals surface area (Å²) in [5.74, 6) is 0.446. The Balaban J connectivity index is 1.87. The molecule has 172 valence electrons. The third-order valence-corrected chi connectivity index (χ3v) is 6.56. The monoisotopic (exact) mass is 467 g/mol. The molecule has 3 aromatic rings. The van der Waals surface area contributed by atoms with Crippen LogP contribution in [0.25, 0.3) is 0 Å². The maximum Gasteiger partial charge on any atom is 0.264 e. The summed E-state index contributed by atoms with van der Waals surface area (Å²) in [7, 11) is -1.02. The molecule has 3 rings (SSSR count).